The number of hydrogen-bond acceptors (Lipinski definition) is 5. The largest absolute Gasteiger partial charge is 0.322 e. The molecule has 2 aliphatic rings. The van der Waals surface area contributed by atoms with Crippen LogP contribution in [-0.4, -0.2) is 52.9 Å². The number of carbonyl (C=O) groups is 1. The Hall–Kier alpha value is -3.06. The van der Waals surface area contributed by atoms with Gasteiger partial charge in [0.2, 0.25) is 0 Å². The van der Waals surface area contributed by atoms with Crippen LogP contribution in [0.5, 0.6) is 0 Å². The lowest BCUT2D eigenvalue weighted by Gasteiger charge is -2.40. The third-order valence-corrected chi connectivity index (χ3v) is 8.71. The van der Waals surface area contributed by atoms with E-state index in [0.29, 0.717) is 5.56 Å². The second kappa shape index (κ2) is 11.1. The maximum absolute atomic E-state index is 13.3. The lowest BCUT2D eigenvalue weighted by atomic mass is 9.95. The van der Waals surface area contributed by atoms with Gasteiger partial charge in [-0.2, -0.15) is 0 Å². The summed E-state index contributed by atoms with van der Waals surface area (Å²) in [7, 11) is 0. The molecule has 190 valence electrons. The van der Waals surface area contributed by atoms with Crippen molar-refractivity contribution in [2.45, 2.75) is 44.7 Å². The first kappa shape index (κ1) is 24.3. The Kier molecular flexibility index (Phi) is 7.31. The summed E-state index contributed by atoms with van der Waals surface area (Å²) in [5, 5.41) is 3.08. The molecule has 0 saturated carbocycles. The van der Waals surface area contributed by atoms with Crippen molar-refractivity contribution in [2.75, 3.05) is 31.5 Å². The van der Waals surface area contributed by atoms with Gasteiger partial charge in [-0.3, -0.25) is 9.69 Å². The quantitative estimate of drug-likeness (QED) is 0.315. The van der Waals surface area contributed by atoms with Gasteiger partial charge in [-0.25, -0.2) is 4.98 Å². The molecule has 3 aromatic carbocycles. The van der Waals surface area contributed by atoms with Crippen molar-refractivity contribution in [1.29, 1.82) is 0 Å². The second-order valence-corrected chi connectivity index (χ2v) is 11.2. The highest BCUT2D eigenvalue weighted by Crippen LogP contribution is 2.29. The molecule has 4 aromatic rings. The molecule has 0 spiro atoms. The van der Waals surface area contributed by atoms with Crippen molar-refractivity contribution >= 4 is 33.1 Å². The van der Waals surface area contributed by atoms with E-state index in [0.717, 1.165) is 41.6 Å². The van der Waals surface area contributed by atoms with Crippen LogP contribution in [0, 0.1) is 0 Å². The Morgan fingerprint density at radius 2 is 1.73 bits per heavy atom. The molecular formula is C31H34N4OS. The molecule has 6 rings (SSSR count). The first-order valence-electron chi connectivity index (χ1n) is 13.5. The zero-order valence-electron chi connectivity index (χ0n) is 21.2. The highest BCUT2D eigenvalue weighted by molar-refractivity contribution is 7.16. The molecule has 0 atom stereocenters. The first-order valence-corrected chi connectivity index (χ1v) is 14.4. The first-order chi connectivity index (χ1) is 18.2. The second-order valence-electron chi connectivity index (χ2n) is 10.3. The van der Waals surface area contributed by atoms with E-state index in [4.69, 9.17) is 0 Å². The van der Waals surface area contributed by atoms with E-state index >= 15 is 0 Å². The lowest BCUT2D eigenvalue weighted by molar-refractivity contribution is 0.0897. The highest BCUT2D eigenvalue weighted by atomic mass is 32.1. The molecule has 0 aliphatic carbocycles. The van der Waals surface area contributed by atoms with Crippen LogP contribution in [0.2, 0.25) is 0 Å². The summed E-state index contributed by atoms with van der Waals surface area (Å²) in [6.45, 7) is 5.63. The van der Waals surface area contributed by atoms with Crippen LogP contribution < -0.4 is 5.32 Å². The molecule has 1 aromatic heterocycles. The van der Waals surface area contributed by atoms with E-state index in [1.54, 1.807) is 11.3 Å². The fraction of sp³-hybridized carbons (Fsp3) is 0.355. The predicted molar refractivity (Wildman–Crippen MR) is 153 cm³/mol. The van der Waals surface area contributed by atoms with Gasteiger partial charge < -0.3 is 10.2 Å². The van der Waals surface area contributed by atoms with Gasteiger partial charge in [-0.05, 0) is 98.9 Å². The third kappa shape index (κ3) is 5.61. The number of rotatable bonds is 6. The fourth-order valence-corrected chi connectivity index (χ4v) is 6.53. The van der Waals surface area contributed by atoms with Crippen molar-refractivity contribution < 1.29 is 4.79 Å². The Bertz CT molecular complexity index is 1350. The molecular weight excluding hydrogens is 476 g/mol. The van der Waals surface area contributed by atoms with Crippen molar-refractivity contribution in [3.05, 3.63) is 83.4 Å². The summed E-state index contributed by atoms with van der Waals surface area (Å²) in [4.78, 5) is 22.9. The molecule has 2 aliphatic heterocycles. The Morgan fingerprint density at radius 3 is 2.54 bits per heavy atom. The van der Waals surface area contributed by atoms with Gasteiger partial charge >= 0.3 is 0 Å². The average Bonchev–Trinajstić information content (AvgIpc) is 3.42. The number of nitrogens with zero attached hydrogens (tertiary/aromatic N) is 3. The van der Waals surface area contributed by atoms with Crippen molar-refractivity contribution in [1.82, 2.24) is 14.8 Å². The average molecular weight is 511 g/mol. The molecule has 1 amide bonds. The minimum Gasteiger partial charge on any atom is -0.322 e. The monoisotopic (exact) mass is 510 g/mol. The number of amides is 1. The smallest absolute Gasteiger partial charge is 0.255 e. The topological polar surface area (TPSA) is 48.5 Å². The summed E-state index contributed by atoms with van der Waals surface area (Å²) in [6, 6.07) is 23.3. The summed E-state index contributed by atoms with van der Waals surface area (Å²) in [5.74, 6) is -0.0840. The molecule has 0 radical (unpaired) electrons. The minimum atomic E-state index is -0.0840. The van der Waals surface area contributed by atoms with Gasteiger partial charge in [0.1, 0.15) is 0 Å². The van der Waals surface area contributed by atoms with Crippen LogP contribution in [0.25, 0.3) is 21.3 Å². The molecule has 6 heteroatoms. The van der Waals surface area contributed by atoms with Crippen molar-refractivity contribution in [2.24, 2.45) is 0 Å². The van der Waals surface area contributed by atoms with E-state index < -0.39 is 0 Å². The van der Waals surface area contributed by atoms with E-state index in [1.165, 1.54) is 61.9 Å². The molecule has 0 unspecified atom stereocenters. The number of hydrogen-bond donors (Lipinski definition) is 1. The molecule has 37 heavy (non-hydrogen) atoms. The van der Waals surface area contributed by atoms with E-state index in [9.17, 15) is 4.79 Å². The molecule has 5 nitrogen and oxygen atoms in total. The van der Waals surface area contributed by atoms with Gasteiger partial charge in [0.25, 0.3) is 5.91 Å². The minimum absolute atomic E-state index is 0.0840. The number of thiazole rings is 1. The molecule has 3 heterocycles. The number of anilines is 1. The SMILES string of the molecule is O=C(Nc1ccc2scnc2c1)c1ccc(-c2ccccc2)c(CN2CCC(N3CCCCC3)CC2)c1. The Labute approximate surface area is 223 Å². The van der Waals surface area contributed by atoms with Gasteiger partial charge in [-0.15, -0.1) is 11.3 Å². The number of fused-ring (bicyclic) bond motifs is 1. The zero-order valence-corrected chi connectivity index (χ0v) is 22.1. The number of aromatic nitrogens is 1. The van der Waals surface area contributed by atoms with Crippen LogP contribution in [-0.2, 0) is 6.54 Å². The Morgan fingerprint density at radius 1 is 0.919 bits per heavy atom. The van der Waals surface area contributed by atoms with E-state index in [2.05, 4.69) is 62.6 Å². The highest BCUT2D eigenvalue weighted by Gasteiger charge is 2.26. The van der Waals surface area contributed by atoms with Gasteiger partial charge in [0.05, 0.1) is 15.7 Å². The van der Waals surface area contributed by atoms with E-state index in [-0.39, 0.29) is 5.91 Å². The lowest BCUT2D eigenvalue weighted by Crippen LogP contribution is -2.46. The summed E-state index contributed by atoms with van der Waals surface area (Å²) in [6.07, 6.45) is 6.57. The van der Waals surface area contributed by atoms with Crippen LogP contribution in [0.1, 0.15) is 48.0 Å². The van der Waals surface area contributed by atoms with E-state index in [1.807, 2.05) is 29.8 Å². The molecule has 2 fully saturated rings. The molecule has 2 saturated heterocycles. The van der Waals surface area contributed by atoms with Crippen LogP contribution in [0.3, 0.4) is 0 Å². The van der Waals surface area contributed by atoms with Gasteiger partial charge in [-0.1, -0.05) is 42.8 Å². The molecule has 1 N–H and O–H groups in total. The predicted octanol–water partition coefficient (Wildman–Crippen LogP) is 6.67. The summed E-state index contributed by atoms with van der Waals surface area (Å²) < 4.78 is 1.12. The standard InChI is InChI=1S/C31H34N4OS/c36-31(33-26-10-12-30-29(20-26)32-22-37-30)24-9-11-28(23-7-3-1-4-8-23)25(19-24)21-34-17-13-27(14-18-34)35-15-5-2-6-16-35/h1,3-4,7-12,19-20,22,27H,2,5-6,13-18,21H2,(H,33,36). The number of benzene rings is 3. The molecule has 0 bridgehead atoms. The van der Waals surface area contributed by atoms with Gasteiger partial charge in [0, 0.05) is 23.8 Å². The van der Waals surface area contributed by atoms with Crippen molar-refractivity contribution in [3.8, 4) is 11.1 Å². The fourth-order valence-electron chi connectivity index (χ4n) is 5.87. The number of carbonyl (C=O) groups excluding carboxylic acids is 1. The third-order valence-electron chi connectivity index (χ3n) is 7.90. The van der Waals surface area contributed by atoms with Crippen LogP contribution >= 0.6 is 11.3 Å². The zero-order chi connectivity index (χ0) is 25.0. The van der Waals surface area contributed by atoms with Crippen LogP contribution in [0.4, 0.5) is 5.69 Å². The van der Waals surface area contributed by atoms with Gasteiger partial charge in [0.15, 0.2) is 0 Å². The number of nitrogens with one attached hydrogen (secondary N) is 1. The Balaban J connectivity index is 1.20. The summed E-state index contributed by atoms with van der Waals surface area (Å²) in [5.41, 5.74) is 7.83. The summed E-state index contributed by atoms with van der Waals surface area (Å²) >= 11 is 1.61. The van der Waals surface area contributed by atoms with Crippen molar-refractivity contribution in [3.63, 3.8) is 0 Å². The number of likely N-dealkylation sites (tertiary alicyclic amines) is 2. The maximum atomic E-state index is 13.3. The maximum Gasteiger partial charge on any atom is 0.255 e. The normalized spacial score (nSPS) is 17.7. The van der Waals surface area contributed by atoms with Crippen LogP contribution in [0.15, 0.2) is 72.2 Å². The number of piperidine rings is 2.